The van der Waals surface area contributed by atoms with Crippen molar-refractivity contribution < 1.29 is 13.2 Å². The van der Waals surface area contributed by atoms with Crippen LogP contribution in [0, 0.1) is 5.92 Å². The van der Waals surface area contributed by atoms with Crippen LogP contribution in [-0.2, 0) is 6.18 Å². The van der Waals surface area contributed by atoms with Gasteiger partial charge in [0, 0.05) is 19.3 Å². The lowest BCUT2D eigenvalue weighted by Crippen LogP contribution is -2.25. The summed E-state index contributed by atoms with van der Waals surface area (Å²) in [7, 11) is 1.88. The van der Waals surface area contributed by atoms with Crippen LogP contribution in [0.2, 0.25) is 5.02 Å². The molecule has 2 heterocycles. The van der Waals surface area contributed by atoms with Crippen molar-refractivity contribution in [2.45, 2.75) is 12.6 Å². The van der Waals surface area contributed by atoms with Crippen LogP contribution in [0.15, 0.2) is 12.3 Å². The number of hydrogen-bond acceptors (Lipinski definition) is 3. The highest BCUT2D eigenvalue weighted by molar-refractivity contribution is 6.33. The molecule has 0 aliphatic carbocycles. The second-order valence-electron chi connectivity index (χ2n) is 4.69. The van der Waals surface area contributed by atoms with Crippen LogP contribution < -0.4 is 10.2 Å². The Hall–Kier alpha value is -1.01. The van der Waals surface area contributed by atoms with Crippen LogP contribution in [0.1, 0.15) is 12.0 Å². The van der Waals surface area contributed by atoms with Gasteiger partial charge in [0.25, 0.3) is 0 Å². The zero-order valence-electron chi connectivity index (χ0n) is 10.5. The number of nitrogens with one attached hydrogen (secondary N) is 1. The summed E-state index contributed by atoms with van der Waals surface area (Å²) in [6.45, 7) is 2.41. The molecule has 106 valence electrons. The van der Waals surface area contributed by atoms with Gasteiger partial charge in [0.1, 0.15) is 5.82 Å². The zero-order valence-corrected chi connectivity index (χ0v) is 11.2. The molecule has 1 aliphatic heterocycles. The van der Waals surface area contributed by atoms with Crippen molar-refractivity contribution in [2.75, 3.05) is 31.6 Å². The lowest BCUT2D eigenvalue weighted by atomic mass is 10.1. The Balaban J connectivity index is 2.14. The maximum absolute atomic E-state index is 12.5. The fourth-order valence-corrected chi connectivity index (χ4v) is 2.58. The van der Waals surface area contributed by atoms with E-state index in [9.17, 15) is 13.2 Å². The number of anilines is 1. The Morgan fingerprint density at radius 3 is 2.84 bits per heavy atom. The van der Waals surface area contributed by atoms with Gasteiger partial charge >= 0.3 is 6.18 Å². The molecule has 0 radical (unpaired) electrons. The molecule has 7 heteroatoms. The summed E-state index contributed by atoms with van der Waals surface area (Å²) in [6, 6.07) is 0.940. The van der Waals surface area contributed by atoms with Crippen molar-refractivity contribution in [1.82, 2.24) is 10.3 Å². The Labute approximate surface area is 114 Å². The van der Waals surface area contributed by atoms with E-state index in [-0.39, 0.29) is 5.02 Å². The average Bonchev–Trinajstić information content (AvgIpc) is 2.76. The first kappa shape index (κ1) is 14.4. The average molecular weight is 294 g/mol. The first-order valence-electron chi connectivity index (χ1n) is 6.04. The predicted octanol–water partition coefficient (Wildman–Crippen LogP) is 2.80. The standard InChI is InChI=1S/C12H15ClF3N3/c1-17-5-8-2-3-19(7-8)11-10(13)4-9(6-18-11)12(14,15)16/h4,6,8,17H,2-3,5,7H2,1H3. The molecule has 1 saturated heterocycles. The predicted molar refractivity (Wildman–Crippen MR) is 68.5 cm³/mol. The van der Waals surface area contributed by atoms with Gasteiger partial charge in [-0.1, -0.05) is 11.6 Å². The van der Waals surface area contributed by atoms with E-state index in [1.165, 1.54) is 0 Å². The molecule has 0 amide bonds. The molecule has 1 unspecified atom stereocenters. The van der Waals surface area contributed by atoms with Gasteiger partial charge in [-0.3, -0.25) is 0 Å². The summed E-state index contributed by atoms with van der Waals surface area (Å²) in [5, 5.41) is 3.15. The Morgan fingerprint density at radius 1 is 1.53 bits per heavy atom. The van der Waals surface area contributed by atoms with Gasteiger partial charge in [-0.25, -0.2) is 4.98 Å². The number of pyridine rings is 1. The van der Waals surface area contributed by atoms with Gasteiger partial charge in [0.05, 0.1) is 10.6 Å². The van der Waals surface area contributed by atoms with E-state index in [2.05, 4.69) is 10.3 Å². The molecule has 1 N–H and O–H groups in total. The molecule has 1 aromatic heterocycles. The van der Waals surface area contributed by atoms with Gasteiger partial charge in [-0.15, -0.1) is 0 Å². The van der Waals surface area contributed by atoms with Crippen LogP contribution in [-0.4, -0.2) is 31.7 Å². The summed E-state index contributed by atoms with van der Waals surface area (Å²) in [4.78, 5) is 5.81. The van der Waals surface area contributed by atoms with Crippen LogP contribution in [0.4, 0.5) is 19.0 Å². The monoisotopic (exact) mass is 293 g/mol. The molecule has 0 aromatic carbocycles. The minimum Gasteiger partial charge on any atom is -0.355 e. The molecule has 1 atom stereocenters. The lowest BCUT2D eigenvalue weighted by molar-refractivity contribution is -0.137. The molecule has 3 nitrogen and oxygen atoms in total. The normalized spacial score (nSPS) is 20.1. The first-order chi connectivity index (χ1) is 8.91. The number of nitrogens with zero attached hydrogens (tertiary/aromatic N) is 2. The van der Waals surface area contributed by atoms with E-state index in [1.54, 1.807) is 0 Å². The Morgan fingerprint density at radius 2 is 2.26 bits per heavy atom. The fourth-order valence-electron chi connectivity index (χ4n) is 2.30. The highest BCUT2D eigenvalue weighted by Gasteiger charge is 2.32. The minimum absolute atomic E-state index is 0.0555. The largest absolute Gasteiger partial charge is 0.417 e. The third-order valence-corrected chi connectivity index (χ3v) is 3.51. The van der Waals surface area contributed by atoms with Crippen LogP contribution in [0.25, 0.3) is 0 Å². The molecular weight excluding hydrogens is 279 g/mol. The van der Waals surface area contributed by atoms with Gasteiger partial charge in [0.2, 0.25) is 0 Å². The summed E-state index contributed by atoms with van der Waals surface area (Å²) < 4.78 is 37.6. The van der Waals surface area contributed by atoms with Crippen molar-refractivity contribution >= 4 is 17.4 Å². The van der Waals surface area contributed by atoms with Gasteiger partial charge in [-0.2, -0.15) is 13.2 Å². The number of alkyl halides is 3. The zero-order chi connectivity index (χ0) is 14.0. The quantitative estimate of drug-likeness (QED) is 0.929. The molecular formula is C12H15ClF3N3. The number of aromatic nitrogens is 1. The Bertz CT molecular complexity index is 450. The van der Waals surface area contributed by atoms with Gasteiger partial charge in [-0.05, 0) is 32.0 Å². The number of rotatable bonds is 3. The van der Waals surface area contributed by atoms with Crippen LogP contribution in [0.3, 0.4) is 0 Å². The Kier molecular flexibility index (Phi) is 4.20. The maximum atomic E-state index is 12.5. The second kappa shape index (κ2) is 5.54. The van der Waals surface area contributed by atoms with Crippen LogP contribution in [0.5, 0.6) is 0 Å². The van der Waals surface area contributed by atoms with E-state index in [1.807, 2.05) is 11.9 Å². The molecule has 19 heavy (non-hydrogen) atoms. The highest BCUT2D eigenvalue weighted by Crippen LogP contribution is 2.34. The fraction of sp³-hybridized carbons (Fsp3) is 0.583. The molecule has 0 spiro atoms. The van der Waals surface area contributed by atoms with E-state index in [0.717, 1.165) is 38.3 Å². The van der Waals surface area contributed by atoms with Crippen molar-refractivity contribution in [3.05, 3.63) is 22.8 Å². The summed E-state index contributed by atoms with van der Waals surface area (Å²) in [6.07, 6.45) is -2.58. The van der Waals surface area contributed by atoms with Crippen molar-refractivity contribution in [3.63, 3.8) is 0 Å². The van der Waals surface area contributed by atoms with Crippen LogP contribution >= 0.6 is 11.6 Å². The van der Waals surface area contributed by atoms with E-state index >= 15 is 0 Å². The smallest absolute Gasteiger partial charge is 0.355 e. The molecule has 1 aromatic rings. The van der Waals surface area contributed by atoms with E-state index in [0.29, 0.717) is 11.7 Å². The van der Waals surface area contributed by atoms with Crippen molar-refractivity contribution in [3.8, 4) is 0 Å². The third kappa shape index (κ3) is 3.30. The molecule has 0 bridgehead atoms. The topological polar surface area (TPSA) is 28.2 Å². The minimum atomic E-state index is -4.41. The third-order valence-electron chi connectivity index (χ3n) is 3.23. The number of halogens is 4. The summed E-state index contributed by atoms with van der Waals surface area (Å²) >= 11 is 5.92. The molecule has 2 rings (SSSR count). The second-order valence-corrected chi connectivity index (χ2v) is 5.09. The van der Waals surface area contributed by atoms with Crippen molar-refractivity contribution in [2.24, 2.45) is 5.92 Å². The first-order valence-corrected chi connectivity index (χ1v) is 6.42. The molecule has 1 fully saturated rings. The summed E-state index contributed by atoms with van der Waals surface area (Å²) in [5.74, 6) is 0.915. The number of hydrogen-bond donors (Lipinski definition) is 1. The van der Waals surface area contributed by atoms with Gasteiger partial charge in [0.15, 0.2) is 0 Å². The van der Waals surface area contributed by atoms with Gasteiger partial charge < -0.3 is 10.2 Å². The molecule has 0 saturated carbocycles. The maximum Gasteiger partial charge on any atom is 0.417 e. The SMILES string of the molecule is CNCC1CCN(c2ncc(C(F)(F)F)cc2Cl)C1. The van der Waals surface area contributed by atoms with E-state index < -0.39 is 11.7 Å². The van der Waals surface area contributed by atoms with Crippen molar-refractivity contribution in [1.29, 1.82) is 0 Å². The van der Waals surface area contributed by atoms with E-state index in [4.69, 9.17) is 11.6 Å². The lowest BCUT2D eigenvalue weighted by Gasteiger charge is -2.19. The molecule has 1 aliphatic rings. The highest BCUT2D eigenvalue weighted by atomic mass is 35.5. The summed E-state index contributed by atoms with van der Waals surface area (Å²) in [5.41, 5.74) is -0.813.